The summed E-state index contributed by atoms with van der Waals surface area (Å²) in [5.41, 5.74) is 11.4. The van der Waals surface area contributed by atoms with E-state index in [1.807, 2.05) is 12.1 Å². The van der Waals surface area contributed by atoms with Gasteiger partial charge < -0.3 is 5.32 Å². The summed E-state index contributed by atoms with van der Waals surface area (Å²) in [4.78, 5) is 0. The summed E-state index contributed by atoms with van der Waals surface area (Å²) in [6.45, 7) is 21.9. The maximum Gasteiger partial charge on any atom is 0.0643 e. The molecule has 0 bridgehead atoms. The molecular formula is C39H52ClN. The van der Waals surface area contributed by atoms with Gasteiger partial charge in [-0.3, -0.25) is 0 Å². The van der Waals surface area contributed by atoms with E-state index in [1.165, 1.54) is 102 Å². The summed E-state index contributed by atoms with van der Waals surface area (Å²) in [7, 11) is 0. The number of unbranched alkanes of at least 4 members (excludes halogenated alkanes) is 8. The van der Waals surface area contributed by atoms with Crippen LogP contribution in [0.2, 0.25) is 5.02 Å². The van der Waals surface area contributed by atoms with Gasteiger partial charge in [-0.1, -0.05) is 119 Å². The van der Waals surface area contributed by atoms with Gasteiger partial charge in [0.2, 0.25) is 0 Å². The molecule has 0 aliphatic heterocycles. The highest BCUT2D eigenvalue weighted by atomic mass is 35.5. The summed E-state index contributed by atoms with van der Waals surface area (Å²) in [6.07, 6.45) is 16.0. The number of anilines is 2. The zero-order chi connectivity index (χ0) is 29.8. The van der Waals surface area contributed by atoms with Gasteiger partial charge in [-0.15, -0.1) is 0 Å². The fraction of sp³-hybridized carbons (Fsp3) is 0.436. The molecule has 0 amide bonds. The molecule has 1 N–H and O–H groups in total. The lowest BCUT2D eigenvalue weighted by Gasteiger charge is -2.16. The van der Waals surface area contributed by atoms with Gasteiger partial charge in [0, 0.05) is 5.69 Å². The number of para-hydroxylation sites is 2. The number of benzene rings is 3. The van der Waals surface area contributed by atoms with Crippen molar-refractivity contribution in [2.45, 2.75) is 111 Å². The van der Waals surface area contributed by atoms with Crippen LogP contribution in [0.15, 0.2) is 54.6 Å². The average molecular weight is 570 g/mol. The summed E-state index contributed by atoms with van der Waals surface area (Å²) in [5.74, 6) is 0. The number of aryl methyl sites for hydroxylation is 1. The highest BCUT2D eigenvalue weighted by Gasteiger charge is 2.10. The van der Waals surface area contributed by atoms with Crippen molar-refractivity contribution in [3.63, 3.8) is 0 Å². The Hall–Kier alpha value is -2.77. The molecule has 0 aliphatic carbocycles. The first-order chi connectivity index (χ1) is 19.7. The van der Waals surface area contributed by atoms with Gasteiger partial charge in [0.25, 0.3) is 0 Å². The second-order valence-corrected chi connectivity index (χ2v) is 12.2. The van der Waals surface area contributed by atoms with Crippen LogP contribution in [0.3, 0.4) is 0 Å². The third-order valence-electron chi connectivity index (χ3n) is 8.79. The minimum atomic E-state index is 0.752. The average Bonchev–Trinajstić information content (AvgIpc) is 2.95. The van der Waals surface area contributed by atoms with Crippen molar-refractivity contribution >= 4 is 36.1 Å². The van der Waals surface area contributed by atoms with Gasteiger partial charge in [-0.2, -0.15) is 0 Å². The van der Waals surface area contributed by atoms with Crippen molar-refractivity contribution in [1.82, 2.24) is 0 Å². The number of halogens is 1. The SMILES string of the molecule is C=C(CCCCCCCCCCCc1c(C)c(=C)c(C)c(CC)c1=C)Cc1ccccc1Nc1c(C)cccc1Cl. The van der Waals surface area contributed by atoms with E-state index >= 15 is 0 Å². The standard InChI is InChI=1S/C39H52ClN/c1-8-35-31(5)30(4)32(6)36(33(35)7)24-17-15-13-11-9-10-12-14-16-21-28(2)27-34-23-18-19-26-38(34)41-39-29(3)22-20-25-37(39)40/h18-20,22-23,25-26,41H,2,4,7-17,21,24,27H2,1,3,5-6H3. The minimum Gasteiger partial charge on any atom is -0.354 e. The molecule has 3 aromatic rings. The molecule has 3 rings (SSSR count). The molecule has 0 atom stereocenters. The van der Waals surface area contributed by atoms with Gasteiger partial charge in [0.1, 0.15) is 0 Å². The molecule has 220 valence electrons. The maximum absolute atomic E-state index is 6.46. The van der Waals surface area contributed by atoms with Crippen molar-refractivity contribution < 1.29 is 0 Å². The lowest BCUT2D eigenvalue weighted by atomic mass is 9.90. The largest absolute Gasteiger partial charge is 0.354 e. The Bertz CT molecular complexity index is 1380. The monoisotopic (exact) mass is 569 g/mol. The first kappa shape index (κ1) is 32.7. The molecule has 1 nitrogen and oxygen atoms in total. The number of rotatable bonds is 17. The Morgan fingerprint density at radius 2 is 1.34 bits per heavy atom. The topological polar surface area (TPSA) is 12.0 Å². The maximum atomic E-state index is 6.46. The van der Waals surface area contributed by atoms with E-state index in [4.69, 9.17) is 11.6 Å². The van der Waals surface area contributed by atoms with Crippen LogP contribution in [0.4, 0.5) is 11.4 Å². The predicted molar refractivity (Wildman–Crippen MR) is 184 cm³/mol. The molecule has 0 unspecified atom stereocenters. The Morgan fingerprint density at radius 1 is 0.732 bits per heavy atom. The van der Waals surface area contributed by atoms with E-state index in [9.17, 15) is 0 Å². The van der Waals surface area contributed by atoms with Crippen LogP contribution in [0.5, 0.6) is 0 Å². The van der Waals surface area contributed by atoms with Gasteiger partial charge in [0.15, 0.2) is 0 Å². The fourth-order valence-corrected chi connectivity index (χ4v) is 6.36. The summed E-state index contributed by atoms with van der Waals surface area (Å²) >= 11 is 6.46. The van der Waals surface area contributed by atoms with Crippen molar-refractivity contribution in [2.75, 3.05) is 5.32 Å². The second-order valence-electron chi connectivity index (χ2n) is 11.8. The fourth-order valence-electron chi connectivity index (χ4n) is 6.09. The van der Waals surface area contributed by atoms with Crippen molar-refractivity contribution in [3.8, 4) is 0 Å². The molecule has 0 aromatic heterocycles. The summed E-state index contributed by atoms with van der Waals surface area (Å²) in [6, 6.07) is 14.5. The zero-order valence-electron chi connectivity index (χ0n) is 26.2. The third kappa shape index (κ3) is 9.37. The number of allylic oxidation sites excluding steroid dienone is 1. The van der Waals surface area contributed by atoms with Gasteiger partial charge in [-0.05, 0) is 115 Å². The number of hydrogen-bond acceptors (Lipinski definition) is 1. The zero-order valence-corrected chi connectivity index (χ0v) is 27.0. The van der Waals surface area contributed by atoms with E-state index in [0.29, 0.717) is 0 Å². The van der Waals surface area contributed by atoms with Gasteiger partial charge in [-0.25, -0.2) is 0 Å². The van der Waals surface area contributed by atoms with Crippen LogP contribution in [0.25, 0.3) is 13.2 Å². The van der Waals surface area contributed by atoms with Crippen molar-refractivity contribution in [3.05, 3.63) is 103 Å². The lowest BCUT2D eigenvalue weighted by molar-refractivity contribution is 0.557. The van der Waals surface area contributed by atoms with Crippen LogP contribution >= 0.6 is 11.6 Å². The van der Waals surface area contributed by atoms with E-state index in [-0.39, 0.29) is 0 Å². The third-order valence-corrected chi connectivity index (χ3v) is 9.10. The Morgan fingerprint density at radius 3 is 2.00 bits per heavy atom. The summed E-state index contributed by atoms with van der Waals surface area (Å²) in [5, 5.41) is 6.81. The molecular weight excluding hydrogens is 518 g/mol. The predicted octanol–water partition coefficient (Wildman–Crippen LogP) is 10.6. The molecule has 41 heavy (non-hydrogen) atoms. The molecule has 0 saturated carbocycles. The van der Waals surface area contributed by atoms with E-state index in [1.54, 1.807) is 0 Å². The first-order valence-electron chi connectivity index (χ1n) is 15.8. The van der Waals surface area contributed by atoms with Crippen LogP contribution in [0, 0.1) is 20.8 Å². The van der Waals surface area contributed by atoms with E-state index in [2.05, 4.69) is 83.1 Å². The quantitative estimate of drug-likeness (QED) is 0.126. The normalized spacial score (nSPS) is 11.1. The van der Waals surface area contributed by atoms with Gasteiger partial charge >= 0.3 is 0 Å². The van der Waals surface area contributed by atoms with Crippen LogP contribution in [-0.4, -0.2) is 0 Å². The number of nitrogens with one attached hydrogen (secondary N) is 1. The van der Waals surface area contributed by atoms with Crippen LogP contribution in [-0.2, 0) is 19.3 Å². The van der Waals surface area contributed by atoms with Crippen LogP contribution in [0.1, 0.15) is 105 Å². The molecule has 0 heterocycles. The Labute approximate surface area is 255 Å². The molecule has 0 aliphatic rings. The number of hydrogen-bond donors (Lipinski definition) is 1. The second kappa shape index (κ2) is 16.6. The highest BCUT2D eigenvalue weighted by Crippen LogP contribution is 2.31. The minimum absolute atomic E-state index is 0.752. The Kier molecular flexibility index (Phi) is 13.3. The molecule has 0 radical (unpaired) electrons. The highest BCUT2D eigenvalue weighted by molar-refractivity contribution is 6.33. The molecule has 3 aromatic carbocycles. The van der Waals surface area contributed by atoms with Crippen molar-refractivity contribution in [1.29, 1.82) is 0 Å². The Balaban J connectivity index is 1.29. The lowest BCUT2D eigenvalue weighted by Crippen LogP contribution is -2.26. The van der Waals surface area contributed by atoms with E-state index in [0.717, 1.165) is 47.6 Å². The molecule has 0 fully saturated rings. The molecule has 0 spiro atoms. The first-order valence-corrected chi connectivity index (χ1v) is 16.2. The molecule has 0 saturated heterocycles. The van der Waals surface area contributed by atoms with Gasteiger partial charge in [0.05, 0.1) is 10.7 Å². The summed E-state index contributed by atoms with van der Waals surface area (Å²) < 4.78 is 0. The van der Waals surface area contributed by atoms with Crippen LogP contribution < -0.4 is 15.8 Å². The molecule has 2 heteroatoms. The van der Waals surface area contributed by atoms with E-state index < -0.39 is 0 Å². The van der Waals surface area contributed by atoms with Crippen molar-refractivity contribution in [2.24, 2.45) is 0 Å². The smallest absolute Gasteiger partial charge is 0.0643 e.